The molecule has 0 aromatic heterocycles. The fourth-order valence-corrected chi connectivity index (χ4v) is 0.841. The Morgan fingerprint density at radius 2 is 2.86 bits per heavy atom. The van der Waals surface area contributed by atoms with Crippen molar-refractivity contribution in [2.24, 2.45) is 0 Å². The largest absolute Gasteiger partial charge is 0.395 e. The van der Waals surface area contributed by atoms with Crippen molar-refractivity contribution in [1.82, 2.24) is 5.31 Å². The summed E-state index contributed by atoms with van der Waals surface area (Å²) in [5, 5.41) is 10.0. The first kappa shape index (κ1) is 3.87. The second kappa shape index (κ2) is 2.28. The molecule has 0 aliphatic carbocycles. The van der Waals surface area contributed by atoms with Crippen LogP contribution in [0.3, 0.4) is 0 Å². The maximum atomic E-state index is 8.57. The van der Waals surface area contributed by atoms with Gasteiger partial charge in [0.1, 0.15) is 1.41 Å². The summed E-state index contributed by atoms with van der Waals surface area (Å²) in [5.41, 5.74) is 0. The van der Waals surface area contributed by atoms with Gasteiger partial charge in [0.25, 0.3) is 0 Å². The lowest BCUT2D eigenvalue weighted by Gasteiger charge is -2.01. The molecule has 42 valence electrons. The average Bonchev–Trinajstić information content (AvgIpc) is 2.14. The highest BCUT2D eigenvalue weighted by Gasteiger charge is 2.10. The van der Waals surface area contributed by atoms with Gasteiger partial charge in [0, 0.05) is 6.04 Å². The van der Waals surface area contributed by atoms with E-state index in [0.29, 0.717) is 0 Å². The number of hydrogen-bond acceptors (Lipinski definition) is 2. The van der Waals surface area contributed by atoms with Crippen molar-refractivity contribution in [2.45, 2.75) is 18.9 Å². The Kier molecular flexibility index (Phi) is 1.26. The van der Waals surface area contributed by atoms with Gasteiger partial charge in [0.05, 0.1) is 6.61 Å². The molecule has 0 saturated carbocycles. The Bertz CT molecular complexity index is 78.8. The second-order valence-corrected chi connectivity index (χ2v) is 1.88. The molecule has 0 radical (unpaired) electrons. The highest BCUT2D eigenvalue weighted by molar-refractivity contribution is 4.71. The standard InChI is InChI=1S/C5H11NO/c7-4-5-2-1-3-6-5/h5-7H,1-4H2/t5-/m0/s1/i/hD. The Morgan fingerprint density at radius 3 is 3.14 bits per heavy atom. The molecule has 0 aromatic carbocycles. The fraction of sp³-hybridized carbons (Fsp3) is 1.00. The van der Waals surface area contributed by atoms with E-state index >= 15 is 0 Å². The first-order valence-corrected chi connectivity index (χ1v) is 2.71. The van der Waals surface area contributed by atoms with Gasteiger partial charge in [-0.05, 0) is 19.4 Å². The lowest BCUT2D eigenvalue weighted by molar-refractivity contribution is 0.255. The molecule has 1 aliphatic rings. The van der Waals surface area contributed by atoms with Crippen LogP contribution < -0.4 is 5.31 Å². The van der Waals surface area contributed by atoms with Gasteiger partial charge >= 0.3 is 0 Å². The van der Waals surface area contributed by atoms with Gasteiger partial charge in [-0.25, -0.2) is 0 Å². The summed E-state index contributed by atoms with van der Waals surface area (Å²) >= 11 is 0. The highest BCUT2D eigenvalue weighted by Crippen LogP contribution is 2.02. The van der Waals surface area contributed by atoms with Gasteiger partial charge in [-0.1, -0.05) is 0 Å². The quantitative estimate of drug-likeness (QED) is 0.477. The first-order valence-electron chi connectivity index (χ1n) is 3.15. The second-order valence-electron chi connectivity index (χ2n) is 1.88. The van der Waals surface area contributed by atoms with Crippen LogP contribution in [-0.4, -0.2) is 24.3 Å². The van der Waals surface area contributed by atoms with E-state index in [0.717, 1.165) is 19.4 Å². The normalized spacial score (nSPS) is 36.1. The van der Waals surface area contributed by atoms with Gasteiger partial charge in [0.15, 0.2) is 0 Å². The third kappa shape index (κ3) is 1.14. The van der Waals surface area contributed by atoms with Crippen LogP contribution >= 0.6 is 0 Å². The van der Waals surface area contributed by atoms with E-state index in [9.17, 15) is 0 Å². The molecule has 0 bridgehead atoms. The molecule has 1 heterocycles. The monoisotopic (exact) mass is 102 g/mol. The third-order valence-electron chi connectivity index (χ3n) is 1.29. The molecule has 0 unspecified atom stereocenters. The maximum Gasteiger partial charge on any atom is 0.123 e. The van der Waals surface area contributed by atoms with Gasteiger partial charge in [-0.2, -0.15) is 0 Å². The summed E-state index contributed by atoms with van der Waals surface area (Å²) in [4.78, 5) is 0. The molecule has 1 atom stereocenters. The van der Waals surface area contributed by atoms with Gasteiger partial charge in [0.2, 0.25) is 0 Å². The topological polar surface area (TPSA) is 32.3 Å². The smallest absolute Gasteiger partial charge is 0.123 e. The lowest BCUT2D eigenvalue weighted by atomic mass is 10.2. The number of nitrogens with one attached hydrogen (secondary N) is 1. The number of aliphatic hydroxyl groups is 1. The summed E-state index contributed by atoms with van der Waals surface area (Å²) in [6.07, 6.45) is 2.05. The van der Waals surface area contributed by atoms with Crippen molar-refractivity contribution in [3.05, 3.63) is 0 Å². The molecule has 0 amide bonds. The van der Waals surface area contributed by atoms with E-state index in [4.69, 9.17) is 6.52 Å². The third-order valence-corrected chi connectivity index (χ3v) is 1.29. The van der Waals surface area contributed by atoms with E-state index in [2.05, 4.69) is 0 Å². The van der Waals surface area contributed by atoms with Crippen LogP contribution in [-0.2, 0) is 0 Å². The van der Waals surface area contributed by atoms with Gasteiger partial charge in [-0.15, -0.1) is 0 Å². The Labute approximate surface area is 45.0 Å². The van der Waals surface area contributed by atoms with Crippen LogP contribution in [0.15, 0.2) is 0 Å². The van der Waals surface area contributed by atoms with Crippen LogP contribution in [0.1, 0.15) is 12.8 Å². The van der Waals surface area contributed by atoms with Crippen LogP contribution in [0.5, 0.6) is 0 Å². The van der Waals surface area contributed by atoms with Crippen molar-refractivity contribution in [2.75, 3.05) is 13.2 Å². The van der Waals surface area contributed by atoms with Crippen molar-refractivity contribution < 1.29 is 6.52 Å². The summed E-state index contributed by atoms with van der Waals surface area (Å²) in [6, 6.07) is 0.120. The van der Waals surface area contributed by atoms with Gasteiger partial charge in [-0.3, -0.25) is 0 Å². The predicted octanol–water partition coefficient (Wildman–Crippen LogP) is -0.269. The molecular weight excluding hydrogens is 90.1 g/mol. The average molecular weight is 102 g/mol. The number of aliphatic hydroxyl groups excluding tert-OH is 1. The van der Waals surface area contributed by atoms with Gasteiger partial charge < -0.3 is 10.4 Å². The zero-order chi connectivity index (χ0) is 5.98. The van der Waals surface area contributed by atoms with E-state index in [1.807, 2.05) is 0 Å². The Morgan fingerprint density at radius 1 is 2.00 bits per heavy atom. The highest BCUT2D eigenvalue weighted by atomic mass is 16.3. The minimum atomic E-state index is 0.120. The molecule has 2 heteroatoms. The van der Waals surface area contributed by atoms with Crippen molar-refractivity contribution in [3.8, 4) is 0 Å². The molecule has 1 aliphatic heterocycles. The molecule has 7 heavy (non-hydrogen) atoms. The molecule has 1 saturated heterocycles. The van der Waals surface area contributed by atoms with E-state index in [1.54, 1.807) is 0 Å². The Balaban J connectivity index is 2.30. The summed E-state index contributed by atoms with van der Waals surface area (Å²) < 4.78 is 7.16. The Hall–Kier alpha value is -0.0800. The number of hydrogen-bond donors (Lipinski definition) is 2. The molecule has 2 nitrogen and oxygen atoms in total. The molecular formula is C5H11NO. The fourth-order valence-electron chi connectivity index (χ4n) is 0.841. The SMILES string of the molecule is [2H]N1CCC[C@H]1CO. The summed E-state index contributed by atoms with van der Waals surface area (Å²) in [7, 11) is 0. The van der Waals surface area contributed by atoms with Crippen molar-refractivity contribution in [3.63, 3.8) is 0 Å². The molecule has 2 N–H and O–H groups in total. The summed E-state index contributed by atoms with van der Waals surface area (Å²) in [5.74, 6) is 0. The van der Waals surface area contributed by atoms with Crippen LogP contribution in [0.25, 0.3) is 0 Å². The maximum absolute atomic E-state index is 8.57. The lowest BCUT2D eigenvalue weighted by Crippen LogP contribution is -2.24. The van der Waals surface area contributed by atoms with Crippen LogP contribution in [0.4, 0.5) is 0 Å². The minimum Gasteiger partial charge on any atom is -0.395 e. The summed E-state index contributed by atoms with van der Waals surface area (Å²) in [6.45, 7) is 0.967. The zero-order valence-electron chi connectivity index (χ0n) is 5.30. The van der Waals surface area contributed by atoms with E-state index in [1.165, 1.54) is 5.31 Å². The van der Waals surface area contributed by atoms with E-state index < -0.39 is 0 Å². The molecule has 0 aromatic rings. The molecule has 0 spiro atoms. The predicted molar refractivity (Wildman–Crippen MR) is 28.1 cm³/mol. The van der Waals surface area contributed by atoms with E-state index in [-0.39, 0.29) is 12.6 Å². The molecule has 1 fully saturated rings. The van der Waals surface area contributed by atoms with Crippen molar-refractivity contribution in [1.29, 1.82) is 0 Å². The molecule has 1 rings (SSSR count). The zero-order valence-corrected chi connectivity index (χ0v) is 4.30. The van der Waals surface area contributed by atoms with Crippen LogP contribution in [0, 0.1) is 0 Å². The van der Waals surface area contributed by atoms with Crippen LogP contribution in [0.2, 0.25) is 1.41 Å². The first-order chi connectivity index (χ1) is 3.84. The van der Waals surface area contributed by atoms with Crippen molar-refractivity contribution >= 4 is 0 Å². The number of rotatable bonds is 1. The minimum absolute atomic E-state index is 0.120.